The molecule has 6 heteroatoms. The standard InChI is InChI=1S/C18H18N4O2/c23-17-16(13-3-1-2-4-14(13)21-17)12-5-9-22(10-6-12)18(24)15-11-19-7-8-20-15/h1-4,7-8,11-12,16H,5-6,9-10H2,(H,21,23). The van der Waals surface area contributed by atoms with Crippen molar-refractivity contribution in [3.8, 4) is 0 Å². The Kier molecular flexibility index (Phi) is 3.72. The number of nitrogens with one attached hydrogen (secondary N) is 1. The van der Waals surface area contributed by atoms with Crippen molar-refractivity contribution in [1.82, 2.24) is 14.9 Å². The van der Waals surface area contributed by atoms with Crippen molar-refractivity contribution in [2.24, 2.45) is 5.92 Å². The molecule has 24 heavy (non-hydrogen) atoms. The van der Waals surface area contributed by atoms with Crippen LogP contribution in [0.25, 0.3) is 0 Å². The summed E-state index contributed by atoms with van der Waals surface area (Å²) >= 11 is 0. The van der Waals surface area contributed by atoms with Gasteiger partial charge >= 0.3 is 0 Å². The number of aromatic nitrogens is 2. The Morgan fingerprint density at radius 2 is 1.96 bits per heavy atom. The van der Waals surface area contributed by atoms with Crippen LogP contribution in [-0.4, -0.2) is 39.8 Å². The fourth-order valence-corrected chi connectivity index (χ4v) is 3.71. The fraction of sp³-hybridized carbons (Fsp3) is 0.333. The van der Waals surface area contributed by atoms with E-state index in [1.165, 1.54) is 12.4 Å². The van der Waals surface area contributed by atoms with Crippen LogP contribution in [0, 0.1) is 5.92 Å². The second-order valence-electron chi connectivity index (χ2n) is 6.27. The molecule has 4 rings (SSSR count). The SMILES string of the molecule is O=C1Nc2ccccc2C1C1CCN(C(=O)c2cnccn2)CC1. The molecule has 2 aliphatic heterocycles. The molecule has 1 aromatic carbocycles. The summed E-state index contributed by atoms with van der Waals surface area (Å²) in [4.78, 5) is 34.6. The van der Waals surface area contributed by atoms with Gasteiger partial charge in [0.25, 0.3) is 5.91 Å². The normalized spacial score (nSPS) is 20.6. The van der Waals surface area contributed by atoms with E-state index >= 15 is 0 Å². The molecule has 2 aromatic rings. The molecule has 0 spiro atoms. The summed E-state index contributed by atoms with van der Waals surface area (Å²) in [5.41, 5.74) is 2.38. The van der Waals surface area contributed by atoms with Gasteiger partial charge in [0.05, 0.1) is 12.1 Å². The van der Waals surface area contributed by atoms with Gasteiger partial charge in [0.1, 0.15) is 5.69 Å². The van der Waals surface area contributed by atoms with Crippen molar-refractivity contribution in [2.45, 2.75) is 18.8 Å². The fourth-order valence-electron chi connectivity index (χ4n) is 3.71. The van der Waals surface area contributed by atoms with Gasteiger partial charge in [-0.05, 0) is 30.4 Å². The zero-order valence-corrected chi connectivity index (χ0v) is 13.2. The number of fused-ring (bicyclic) bond motifs is 1. The lowest BCUT2D eigenvalue weighted by Gasteiger charge is -2.34. The first-order valence-electron chi connectivity index (χ1n) is 8.19. The van der Waals surface area contributed by atoms with E-state index in [1.54, 1.807) is 11.1 Å². The van der Waals surface area contributed by atoms with Gasteiger partial charge in [0.15, 0.2) is 0 Å². The summed E-state index contributed by atoms with van der Waals surface area (Å²) in [5, 5.41) is 2.97. The number of likely N-dealkylation sites (tertiary alicyclic amines) is 1. The van der Waals surface area contributed by atoms with Crippen LogP contribution in [0.2, 0.25) is 0 Å². The van der Waals surface area contributed by atoms with Gasteiger partial charge in [-0.25, -0.2) is 4.98 Å². The Bertz CT molecular complexity index is 770. The number of carbonyl (C=O) groups is 2. The highest BCUT2D eigenvalue weighted by molar-refractivity contribution is 6.03. The highest BCUT2D eigenvalue weighted by Crippen LogP contribution is 2.41. The number of amides is 2. The van der Waals surface area contributed by atoms with Crippen molar-refractivity contribution < 1.29 is 9.59 Å². The molecule has 1 fully saturated rings. The monoisotopic (exact) mass is 322 g/mol. The van der Waals surface area contributed by atoms with Crippen molar-refractivity contribution in [3.05, 3.63) is 54.1 Å². The summed E-state index contributed by atoms with van der Waals surface area (Å²) in [7, 11) is 0. The van der Waals surface area contributed by atoms with Crippen LogP contribution in [0.3, 0.4) is 0 Å². The quantitative estimate of drug-likeness (QED) is 0.918. The highest BCUT2D eigenvalue weighted by Gasteiger charge is 2.38. The van der Waals surface area contributed by atoms with Gasteiger partial charge in [-0.3, -0.25) is 14.6 Å². The largest absolute Gasteiger partial charge is 0.337 e. The summed E-state index contributed by atoms with van der Waals surface area (Å²) in [5.74, 6) is 0.155. The molecule has 6 nitrogen and oxygen atoms in total. The molecule has 0 aliphatic carbocycles. The molecule has 0 radical (unpaired) electrons. The summed E-state index contributed by atoms with van der Waals surface area (Å²) in [6, 6.07) is 7.87. The molecule has 3 heterocycles. The lowest BCUT2D eigenvalue weighted by molar-refractivity contribution is -0.118. The Morgan fingerprint density at radius 1 is 1.17 bits per heavy atom. The predicted molar refractivity (Wildman–Crippen MR) is 88.5 cm³/mol. The van der Waals surface area contributed by atoms with Crippen molar-refractivity contribution in [1.29, 1.82) is 0 Å². The van der Waals surface area contributed by atoms with Gasteiger partial charge in [-0.1, -0.05) is 18.2 Å². The van der Waals surface area contributed by atoms with Crippen LogP contribution in [0.15, 0.2) is 42.9 Å². The number of hydrogen-bond donors (Lipinski definition) is 1. The topological polar surface area (TPSA) is 75.2 Å². The minimum absolute atomic E-state index is 0.0786. The molecule has 1 atom stereocenters. The molecule has 2 amide bonds. The van der Waals surface area contributed by atoms with Crippen LogP contribution in [-0.2, 0) is 4.79 Å². The molecule has 122 valence electrons. The Hall–Kier alpha value is -2.76. The zero-order valence-electron chi connectivity index (χ0n) is 13.2. The number of piperidine rings is 1. The smallest absolute Gasteiger partial charge is 0.274 e. The maximum Gasteiger partial charge on any atom is 0.274 e. The third-order valence-corrected chi connectivity index (χ3v) is 4.92. The van der Waals surface area contributed by atoms with Gasteiger partial charge in [-0.15, -0.1) is 0 Å². The van der Waals surface area contributed by atoms with Crippen molar-refractivity contribution in [3.63, 3.8) is 0 Å². The Morgan fingerprint density at radius 3 is 2.71 bits per heavy atom. The van der Waals surface area contributed by atoms with E-state index in [-0.39, 0.29) is 23.7 Å². The zero-order chi connectivity index (χ0) is 16.5. The number of benzene rings is 1. The molecule has 0 saturated carbocycles. The van der Waals surface area contributed by atoms with Crippen LogP contribution in [0.4, 0.5) is 5.69 Å². The predicted octanol–water partition coefficient (Wildman–Crippen LogP) is 2.06. The molecular formula is C18H18N4O2. The van der Waals surface area contributed by atoms with E-state index < -0.39 is 0 Å². The van der Waals surface area contributed by atoms with Crippen LogP contribution < -0.4 is 5.32 Å². The molecule has 2 aliphatic rings. The van der Waals surface area contributed by atoms with E-state index in [0.29, 0.717) is 18.8 Å². The number of carbonyl (C=O) groups excluding carboxylic acids is 2. The van der Waals surface area contributed by atoms with E-state index in [9.17, 15) is 9.59 Å². The lowest BCUT2D eigenvalue weighted by atomic mass is 9.80. The molecule has 0 bridgehead atoms. The molecule has 1 unspecified atom stereocenters. The van der Waals surface area contributed by atoms with Gasteiger partial charge < -0.3 is 10.2 Å². The Balaban J connectivity index is 1.45. The van der Waals surface area contributed by atoms with Crippen molar-refractivity contribution in [2.75, 3.05) is 18.4 Å². The molecule has 1 aromatic heterocycles. The first-order valence-corrected chi connectivity index (χ1v) is 8.19. The van der Waals surface area contributed by atoms with Gasteiger partial charge in [0, 0.05) is 31.2 Å². The van der Waals surface area contributed by atoms with E-state index in [2.05, 4.69) is 15.3 Å². The summed E-state index contributed by atoms with van der Waals surface area (Å²) < 4.78 is 0. The average Bonchev–Trinajstić information content (AvgIpc) is 2.98. The second kappa shape index (κ2) is 6.03. The maximum absolute atomic E-state index is 12.4. The minimum atomic E-state index is -0.102. The number of nitrogens with zero attached hydrogens (tertiary/aromatic N) is 3. The lowest BCUT2D eigenvalue weighted by Crippen LogP contribution is -2.40. The summed E-state index contributed by atoms with van der Waals surface area (Å²) in [6.07, 6.45) is 6.21. The Labute approximate surface area is 139 Å². The van der Waals surface area contributed by atoms with Gasteiger partial charge in [0.2, 0.25) is 5.91 Å². The first kappa shape index (κ1) is 14.8. The number of rotatable bonds is 2. The average molecular weight is 322 g/mol. The number of anilines is 1. The van der Waals surface area contributed by atoms with E-state index in [4.69, 9.17) is 0 Å². The van der Waals surface area contributed by atoms with Crippen LogP contribution >= 0.6 is 0 Å². The van der Waals surface area contributed by atoms with Crippen molar-refractivity contribution >= 4 is 17.5 Å². The molecular weight excluding hydrogens is 304 g/mol. The van der Waals surface area contributed by atoms with Crippen LogP contribution in [0.1, 0.15) is 34.8 Å². The third-order valence-electron chi connectivity index (χ3n) is 4.92. The minimum Gasteiger partial charge on any atom is -0.337 e. The molecule has 1 N–H and O–H groups in total. The van der Waals surface area contributed by atoms with E-state index in [1.807, 2.05) is 24.3 Å². The molecule has 1 saturated heterocycles. The maximum atomic E-state index is 12.4. The highest BCUT2D eigenvalue weighted by atomic mass is 16.2. The number of hydrogen-bond acceptors (Lipinski definition) is 4. The van der Waals surface area contributed by atoms with Crippen LogP contribution in [0.5, 0.6) is 0 Å². The third kappa shape index (κ3) is 2.54. The van der Waals surface area contributed by atoms with E-state index in [0.717, 1.165) is 24.1 Å². The summed E-state index contributed by atoms with van der Waals surface area (Å²) in [6.45, 7) is 1.29. The first-order chi connectivity index (χ1) is 11.7. The number of para-hydroxylation sites is 1. The van der Waals surface area contributed by atoms with Gasteiger partial charge in [-0.2, -0.15) is 0 Å². The second-order valence-corrected chi connectivity index (χ2v) is 6.27.